The minimum absolute atomic E-state index is 0.00361. The van der Waals surface area contributed by atoms with Crippen molar-refractivity contribution < 1.29 is 14.5 Å². The molecule has 102 valence electrons. The molecule has 1 aliphatic rings. The molecule has 0 aliphatic carbocycles. The number of methoxy groups -OCH3 is 1. The lowest BCUT2D eigenvalue weighted by Crippen LogP contribution is -2.31. The Morgan fingerprint density at radius 2 is 2.32 bits per heavy atom. The molecule has 1 aliphatic heterocycles. The molecule has 1 aromatic carbocycles. The number of hydrogen-bond donors (Lipinski definition) is 1. The van der Waals surface area contributed by atoms with E-state index >= 15 is 0 Å². The zero-order valence-corrected chi connectivity index (χ0v) is 10.5. The van der Waals surface area contributed by atoms with Gasteiger partial charge in [-0.2, -0.15) is 0 Å². The Labute approximate surface area is 110 Å². The zero-order chi connectivity index (χ0) is 14.0. The molecule has 7 heteroatoms. The third kappa shape index (κ3) is 2.65. The zero-order valence-electron chi connectivity index (χ0n) is 10.5. The first kappa shape index (κ1) is 13.3. The lowest BCUT2D eigenvalue weighted by molar-refractivity contribution is -0.385. The Kier molecular flexibility index (Phi) is 3.66. The van der Waals surface area contributed by atoms with Gasteiger partial charge in [-0.15, -0.1) is 0 Å². The van der Waals surface area contributed by atoms with Gasteiger partial charge in [0.1, 0.15) is 0 Å². The van der Waals surface area contributed by atoms with E-state index in [9.17, 15) is 14.9 Å². The third-order valence-corrected chi connectivity index (χ3v) is 3.14. The van der Waals surface area contributed by atoms with Gasteiger partial charge in [0.15, 0.2) is 5.75 Å². The topological polar surface area (TPSA) is 98.7 Å². The average Bonchev–Trinajstić information content (AvgIpc) is 2.83. The summed E-state index contributed by atoms with van der Waals surface area (Å²) >= 11 is 0. The highest BCUT2D eigenvalue weighted by molar-refractivity contribution is 5.95. The smallest absolute Gasteiger partial charge is 0.310 e. The van der Waals surface area contributed by atoms with Crippen LogP contribution in [0.3, 0.4) is 0 Å². The van der Waals surface area contributed by atoms with E-state index in [1.165, 1.54) is 25.3 Å². The van der Waals surface area contributed by atoms with Gasteiger partial charge in [0.2, 0.25) is 0 Å². The van der Waals surface area contributed by atoms with Crippen LogP contribution in [0.4, 0.5) is 5.69 Å². The summed E-state index contributed by atoms with van der Waals surface area (Å²) in [7, 11) is 1.34. The summed E-state index contributed by atoms with van der Waals surface area (Å²) in [6.45, 7) is 1.12. The number of rotatable bonds is 3. The number of ether oxygens (including phenoxy) is 1. The highest BCUT2D eigenvalue weighted by Gasteiger charge is 2.26. The fraction of sp³-hybridized carbons (Fsp3) is 0.417. The molecule has 2 N–H and O–H groups in total. The van der Waals surface area contributed by atoms with E-state index in [4.69, 9.17) is 10.5 Å². The second-order valence-electron chi connectivity index (χ2n) is 4.44. The second kappa shape index (κ2) is 5.23. The van der Waals surface area contributed by atoms with Crippen LogP contribution in [-0.4, -0.2) is 42.0 Å². The van der Waals surface area contributed by atoms with Crippen LogP contribution >= 0.6 is 0 Å². The molecule has 7 nitrogen and oxygen atoms in total. The highest BCUT2D eigenvalue weighted by Crippen LogP contribution is 2.28. The summed E-state index contributed by atoms with van der Waals surface area (Å²) in [6.07, 6.45) is 0.774. The Balaban J connectivity index is 2.26. The lowest BCUT2D eigenvalue weighted by atomic mass is 10.1. The van der Waals surface area contributed by atoms with Crippen LogP contribution in [0.1, 0.15) is 16.8 Å². The van der Waals surface area contributed by atoms with E-state index in [1.54, 1.807) is 4.90 Å². The maximum atomic E-state index is 12.2. The molecule has 0 saturated carbocycles. The number of benzene rings is 1. The molecule has 1 aromatic rings. The largest absolute Gasteiger partial charge is 0.490 e. The summed E-state index contributed by atoms with van der Waals surface area (Å²) in [5.41, 5.74) is 5.97. The van der Waals surface area contributed by atoms with Crippen molar-refractivity contribution in [3.8, 4) is 5.75 Å². The Bertz CT molecular complexity index is 518. The molecule has 1 saturated heterocycles. The summed E-state index contributed by atoms with van der Waals surface area (Å²) in [6, 6.07) is 4.11. The van der Waals surface area contributed by atoms with Crippen molar-refractivity contribution in [2.75, 3.05) is 20.2 Å². The highest BCUT2D eigenvalue weighted by atomic mass is 16.6. The average molecular weight is 265 g/mol. The van der Waals surface area contributed by atoms with Gasteiger partial charge in [-0.05, 0) is 12.5 Å². The quantitative estimate of drug-likeness (QED) is 0.643. The first-order chi connectivity index (χ1) is 9.02. The van der Waals surface area contributed by atoms with Crippen LogP contribution < -0.4 is 10.5 Å². The van der Waals surface area contributed by atoms with Crippen LogP contribution in [0.15, 0.2) is 18.2 Å². The van der Waals surface area contributed by atoms with Crippen molar-refractivity contribution in [1.29, 1.82) is 0 Å². The number of carbonyl (C=O) groups is 1. The SMILES string of the molecule is COc1cc(C(=O)N2CC[C@H](N)C2)ccc1[N+](=O)[O-]. The monoisotopic (exact) mass is 265 g/mol. The van der Waals surface area contributed by atoms with Crippen molar-refractivity contribution in [3.05, 3.63) is 33.9 Å². The van der Waals surface area contributed by atoms with Gasteiger partial charge in [-0.3, -0.25) is 14.9 Å². The minimum atomic E-state index is -0.543. The predicted molar refractivity (Wildman–Crippen MR) is 68.1 cm³/mol. The van der Waals surface area contributed by atoms with Crippen molar-refractivity contribution >= 4 is 11.6 Å². The number of nitrogens with zero attached hydrogens (tertiary/aromatic N) is 2. The minimum Gasteiger partial charge on any atom is -0.490 e. The molecule has 19 heavy (non-hydrogen) atoms. The first-order valence-electron chi connectivity index (χ1n) is 5.90. The number of hydrogen-bond acceptors (Lipinski definition) is 5. The molecule has 0 spiro atoms. The Morgan fingerprint density at radius 3 is 2.84 bits per heavy atom. The van der Waals surface area contributed by atoms with Crippen molar-refractivity contribution in [2.24, 2.45) is 5.73 Å². The number of nitrogens with two attached hydrogens (primary N) is 1. The second-order valence-corrected chi connectivity index (χ2v) is 4.44. The van der Waals surface area contributed by atoms with Gasteiger partial charge in [0.05, 0.1) is 12.0 Å². The van der Waals surface area contributed by atoms with E-state index in [0.29, 0.717) is 18.7 Å². The third-order valence-electron chi connectivity index (χ3n) is 3.14. The summed E-state index contributed by atoms with van der Waals surface area (Å²) in [5.74, 6) is -0.0968. The van der Waals surface area contributed by atoms with Crippen LogP contribution in [0.2, 0.25) is 0 Å². The Hall–Kier alpha value is -2.15. The molecular weight excluding hydrogens is 250 g/mol. The van der Waals surface area contributed by atoms with Crippen molar-refractivity contribution in [1.82, 2.24) is 4.90 Å². The summed E-state index contributed by atoms with van der Waals surface area (Å²) in [4.78, 5) is 24.1. The van der Waals surface area contributed by atoms with Crippen LogP contribution in [0, 0.1) is 10.1 Å². The van der Waals surface area contributed by atoms with Gasteiger partial charge in [-0.25, -0.2) is 0 Å². The number of likely N-dealkylation sites (tertiary alicyclic amines) is 1. The van der Waals surface area contributed by atoms with Crippen LogP contribution in [-0.2, 0) is 0 Å². The predicted octanol–water partition coefficient (Wildman–Crippen LogP) is 0.777. The molecular formula is C12H15N3O4. The maximum absolute atomic E-state index is 12.2. The fourth-order valence-electron chi connectivity index (χ4n) is 2.12. The first-order valence-corrected chi connectivity index (χ1v) is 5.90. The van der Waals surface area contributed by atoms with Gasteiger partial charge in [-0.1, -0.05) is 0 Å². The van der Waals surface area contributed by atoms with Crippen molar-refractivity contribution in [2.45, 2.75) is 12.5 Å². The standard InChI is InChI=1S/C12H15N3O4/c1-19-11-6-8(2-3-10(11)15(17)18)12(16)14-5-4-9(13)7-14/h2-3,6,9H,4-5,7,13H2,1H3/t9-/m0/s1. The molecule has 0 unspecified atom stereocenters. The molecule has 1 amide bonds. The fourth-order valence-corrected chi connectivity index (χ4v) is 2.12. The normalized spacial score (nSPS) is 18.4. The Morgan fingerprint density at radius 1 is 1.58 bits per heavy atom. The van der Waals surface area contributed by atoms with Crippen LogP contribution in [0.25, 0.3) is 0 Å². The van der Waals surface area contributed by atoms with E-state index in [0.717, 1.165) is 6.42 Å². The van der Waals surface area contributed by atoms with Gasteiger partial charge < -0.3 is 15.4 Å². The summed E-state index contributed by atoms with van der Waals surface area (Å²) in [5, 5.41) is 10.8. The van der Waals surface area contributed by atoms with E-state index in [-0.39, 0.29) is 23.4 Å². The number of carbonyl (C=O) groups excluding carboxylic acids is 1. The van der Waals surface area contributed by atoms with E-state index in [2.05, 4.69) is 0 Å². The molecule has 0 aromatic heterocycles. The van der Waals surface area contributed by atoms with Gasteiger partial charge >= 0.3 is 5.69 Å². The van der Waals surface area contributed by atoms with Gasteiger partial charge in [0, 0.05) is 36.8 Å². The van der Waals surface area contributed by atoms with E-state index in [1.807, 2.05) is 0 Å². The van der Waals surface area contributed by atoms with Gasteiger partial charge in [0.25, 0.3) is 5.91 Å². The maximum Gasteiger partial charge on any atom is 0.310 e. The number of amides is 1. The molecule has 0 radical (unpaired) electrons. The number of nitro groups is 1. The molecule has 1 fully saturated rings. The summed E-state index contributed by atoms with van der Waals surface area (Å²) < 4.78 is 4.94. The lowest BCUT2D eigenvalue weighted by Gasteiger charge is -2.16. The number of nitro benzene ring substituents is 1. The molecule has 2 rings (SSSR count). The van der Waals surface area contributed by atoms with E-state index < -0.39 is 4.92 Å². The molecule has 0 bridgehead atoms. The molecule has 1 atom stereocenters. The van der Waals surface area contributed by atoms with Crippen LogP contribution in [0.5, 0.6) is 5.75 Å². The molecule has 1 heterocycles. The van der Waals surface area contributed by atoms with Crippen molar-refractivity contribution in [3.63, 3.8) is 0 Å².